The number of hydrogen-bond donors (Lipinski definition) is 1. The third-order valence-electron chi connectivity index (χ3n) is 2.24. The standard InChI is InChI=1S/C10H12N2O2/c1-7-2-3-8(11)9(6-7)12-4-5-14-10(12)13/h2-3,6H,4-5,11H2,1H3. The molecule has 14 heavy (non-hydrogen) atoms. The number of carbonyl (C=O) groups is 1. The molecule has 0 spiro atoms. The first kappa shape index (κ1) is 8.87. The molecule has 1 aromatic rings. The number of cyclic esters (lactones) is 1. The summed E-state index contributed by atoms with van der Waals surface area (Å²) in [5.41, 5.74) is 8.21. The highest BCUT2D eigenvalue weighted by Crippen LogP contribution is 2.26. The van der Waals surface area contributed by atoms with Gasteiger partial charge in [0.05, 0.1) is 17.9 Å². The fourth-order valence-corrected chi connectivity index (χ4v) is 1.50. The van der Waals surface area contributed by atoms with Crippen molar-refractivity contribution in [2.75, 3.05) is 23.8 Å². The quantitative estimate of drug-likeness (QED) is 0.686. The number of hydrogen-bond acceptors (Lipinski definition) is 3. The van der Waals surface area contributed by atoms with Crippen molar-refractivity contribution in [2.45, 2.75) is 6.92 Å². The molecule has 1 aromatic carbocycles. The molecule has 2 rings (SSSR count). The van der Waals surface area contributed by atoms with E-state index in [-0.39, 0.29) is 6.09 Å². The third kappa shape index (κ3) is 1.39. The average molecular weight is 192 g/mol. The zero-order valence-corrected chi connectivity index (χ0v) is 7.99. The smallest absolute Gasteiger partial charge is 0.414 e. The van der Waals surface area contributed by atoms with Crippen LogP contribution < -0.4 is 10.6 Å². The van der Waals surface area contributed by atoms with E-state index in [1.165, 1.54) is 0 Å². The maximum Gasteiger partial charge on any atom is 0.414 e. The van der Waals surface area contributed by atoms with E-state index in [1.807, 2.05) is 19.1 Å². The lowest BCUT2D eigenvalue weighted by Gasteiger charge is -2.15. The molecule has 1 amide bonds. The van der Waals surface area contributed by atoms with Gasteiger partial charge in [0, 0.05) is 0 Å². The van der Waals surface area contributed by atoms with Crippen LogP contribution >= 0.6 is 0 Å². The SMILES string of the molecule is Cc1ccc(N)c(N2CCOC2=O)c1. The molecule has 1 fully saturated rings. The summed E-state index contributed by atoms with van der Waals surface area (Å²) < 4.78 is 4.85. The molecule has 0 aliphatic carbocycles. The van der Waals surface area contributed by atoms with E-state index in [2.05, 4.69) is 0 Å². The fourth-order valence-electron chi connectivity index (χ4n) is 1.50. The van der Waals surface area contributed by atoms with Crippen molar-refractivity contribution in [1.29, 1.82) is 0 Å². The number of rotatable bonds is 1. The predicted octanol–water partition coefficient (Wildman–Crippen LogP) is 1.53. The Balaban J connectivity index is 2.39. The number of ether oxygens (including phenoxy) is 1. The number of amides is 1. The van der Waals surface area contributed by atoms with Crippen molar-refractivity contribution in [3.8, 4) is 0 Å². The van der Waals surface area contributed by atoms with Crippen LogP contribution in [0, 0.1) is 6.92 Å². The Morgan fingerprint density at radius 3 is 2.93 bits per heavy atom. The maximum absolute atomic E-state index is 11.3. The van der Waals surface area contributed by atoms with Crippen LogP contribution in [-0.4, -0.2) is 19.2 Å². The Labute approximate surface area is 82.3 Å². The van der Waals surface area contributed by atoms with Crippen LogP contribution in [0.15, 0.2) is 18.2 Å². The van der Waals surface area contributed by atoms with E-state index in [0.717, 1.165) is 11.3 Å². The summed E-state index contributed by atoms with van der Waals surface area (Å²) in [4.78, 5) is 12.8. The number of carbonyl (C=O) groups excluding carboxylic acids is 1. The van der Waals surface area contributed by atoms with Crippen LogP contribution in [0.4, 0.5) is 16.2 Å². The second-order valence-corrected chi connectivity index (χ2v) is 3.33. The van der Waals surface area contributed by atoms with Gasteiger partial charge >= 0.3 is 6.09 Å². The molecule has 0 aromatic heterocycles. The second-order valence-electron chi connectivity index (χ2n) is 3.33. The minimum atomic E-state index is -0.317. The Morgan fingerprint density at radius 2 is 2.29 bits per heavy atom. The van der Waals surface area contributed by atoms with Crippen molar-refractivity contribution in [1.82, 2.24) is 0 Å². The molecule has 2 N–H and O–H groups in total. The van der Waals surface area contributed by atoms with Crippen molar-refractivity contribution in [3.63, 3.8) is 0 Å². The number of nitrogens with zero attached hydrogens (tertiary/aromatic N) is 1. The highest BCUT2D eigenvalue weighted by molar-refractivity contribution is 5.93. The predicted molar refractivity (Wildman–Crippen MR) is 54.3 cm³/mol. The van der Waals surface area contributed by atoms with Crippen LogP contribution in [0.3, 0.4) is 0 Å². The van der Waals surface area contributed by atoms with E-state index in [1.54, 1.807) is 11.0 Å². The molecule has 74 valence electrons. The molecule has 1 aliphatic heterocycles. The van der Waals surface area contributed by atoms with E-state index in [0.29, 0.717) is 18.8 Å². The molecule has 1 heterocycles. The van der Waals surface area contributed by atoms with Gasteiger partial charge < -0.3 is 10.5 Å². The Bertz CT molecular complexity index is 376. The zero-order chi connectivity index (χ0) is 10.1. The van der Waals surface area contributed by atoms with Gasteiger partial charge in [-0.05, 0) is 24.6 Å². The minimum absolute atomic E-state index is 0.317. The monoisotopic (exact) mass is 192 g/mol. The first-order valence-corrected chi connectivity index (χ1v) is 4.49. The number of nitrogen functional groups attached to an aromatic ring is 1. The first-order chi connectivity index (χ1) is 6.68. The second kappa shape index (κ2) is 3.21. The molecular formula is C10H12N2O2. The molecule has 4 nitrogen and oxygen atoms in total. The van der Waals surface area contributed by atoms with Gasteiger partial charge in [-0.25, -0.2) is 4.79 Å². The summed E-state index contributed by atoms with van der Waals surface area (Å²) in [5, 5.41) is 0. The van der Waals surface area contributed by atoms with Crippen LogP contribution in [-0.2, 0) is 4.74 Å². The van der Waals surface area contributed by atoms with Gasteiger partial charge in [0.15, 0.2) is 0 Å². The van der Waals surface area contributed by atoms with Crippen LogP contribution in [0.1, 0.15) is 5.56 Å². The lowest BCUT2D eigenvalue weighted by atomic mass is 10.2. The minimum Gasteiger partial charge on any atom is -0.447 e. The number of benzene rings is 1. The molecule has 0 radical (unpaired) electrons. The van der Waals surface area contributed by atoms with Crippen molar-refractivity contribution < 1.29 is 9.53 Å². The fraction of sp³-hybridized carbons (Fsp3) is 0.300. The molecule has 0 saturated carbocycles. The molecular weight excluding hydrogens is 180 g/mol. The molecule has 1 saturated heterocycles. The van der Waals surface area contributed by atoms with Gasteiger partial charge in [-0.3, -0.25) is 4.90 Å². The van der Waals surface area contributed by atoms with E-state index < -0.39 is 0 Å². The lowest BCUT2D eigenvalue weighted by Crippen LogP contribution is -2.24. The van der Waals surface area contributed by atoms with E-state index in [4.69, 9.17) is 10.5 Å². The van der Waals surface area contributed by atoms with Crippen molar-refractivity contribution in [2.24, 2.45) is 0 Å². The van der Waals surface area contributed by atoms with Crippen LogP contribution in [0.5, 0.6) is 0 Å². The topological polar surface area (TPSA) is 55.6 Å². The summed E-state index contributed by atoms with van der Waals surface area (Å²) >= 11 is 0. The van der Waals surface area contributed by atoms with Gasteiger partial charge in [0.1, 0.15) is 6.61 Å². The van der Waals surface area contributed by atoms with E-state index >= 15 is 0 Å². The Kier molecular flexibility index (Phi) is 2.04. The first-order valence-electron chi connectivity index (χ1n) is 4.49. The molecule has 4 heteroatoms. The van der Waals surface area contributed by atoms with E-state index in [9.17, 15) is 4.79 Å². The van der Waals surface area contributed by atoms with Gasteiger partial charge in [-0.15, -0.1) is 0 Å². The normalized spacial score (nSPS) is 15.8. The summed E-state index contributed by atoms with van der Waals surface area (Å²) in [6, 6.07) is 5.61. The maximum atomic E-state index is 11.3. The van der Waals surface area contributed by atoms with Crippen LogP contribution in [0.25, 0.3) is 0 Å². The van der Waals surface area contributed by atoms with Crippen LogP contribution in [0.2, 0.25) is 0 Å². The Morgan fingerprint density at radius 1 is 1.50 bits per heavy atom. The molecule has 0 bridgehead atoms. The largest absolute Gasteiger partial charge is 0.447 e. The average Bonchev–Trinajstić information content (AvgIpc) is 2.56. The van der Waals surface area contributed by atoms with Gasteiger partial charge in [0.25, 0.3) is 0 Å². The summed E-state index contributed by atoms with van der Waals surface area (Å²) in [5.74, 6) is 0. The number of anilines is 2. The molecule has 0 unspecified atom stereocenters. The number of nitrogens with two attached hydrogens (primary N) is 1. The summed E-state index contributed by atoms with van der Waals surface area (Å²) in [6.07, 6.45) is -0.317. The Hall–Kier alpha value is -1.71. The van der Waals surface area contributed by atoms with Crippen molar-refractivity contribution >= 4 is 17.5 Å². The van der Waals surface area contributed by atoms with Gasteiger partial charge in [-0.2, -0.15) is 0 Å². The third-order valence-corrected chi connectivity index (χ3v) is 2.24. The molecule has 0 atom stereocenters. The summed E-state index contributed by atoms with van der Waals surface area (Å²) in [7, 11) is 0. The zero-order valence-electron chi connectivity index (χ0n) is 7.99. The van der Waals surface area contributed by atoms with Gasteiger partial charge in [0.2, 0.25) is 0 Å². The van der Waals surface area contributed by atoms with Gasteiger partial charge in [-0.1, -0.05) is 6.07 Å². The van der Waals surface area contributed by atoms with Crippen molar-refractivity contribution in [3.05, 3.63) is 23.8 Å². The lowest BCUT2D eigenvalue weighted by molar-refractivity contribution is 0.181. The summed E-state index contributed by atoms with van der Waals surface area (Å²) in [6.45, 7) is 2.98. The molecule has 1 aliphatic rings. The number of aryl methyl sites for hydroxylation is 1. The highest BCUT2D eigenvalue weighted by Gasteiger charge is 2.24. The highest BCUT2D eigenvalue weighted by atomic mass is 16.6.